The molecule has 0 fully saturated rings. The monoisotopic (exact) mass is 512 g/mol. The summed E-state index contributed by atoms with van der Waals surface area (Å²) in [7, 11) is 0. The number of ether oxygens (including phenoxy) is 2. The number of halogens is 2. The molecule has 0 spiro atoms. The zero-order valence-electron chi connectivity index (χ0n) is 18.3. The number of aryl methyl sites for hydroxylation is 1. The molecule has 35 heavy (non-hydrogen) atoms. The smallest absolute Gasteiger partial charge is 0.275 e. The van der Waals surface area contributed by atoms with Crippen LogP contribution >= 0.6 is 23.2 Å². The number of benzene rings is 3. The van der Waals surface area contributed by atoms with E-state index < -0.39 is 10.8 Å². The summed E-state index contributed by atoms with van der Waals surface area (Å²) in [6.07, 6.45) is 1.45. The number of amides is 1. The van der Waals surface area contributed by atoms with Crippen molar-refractivity contribution in [2.75, 3.05) is 5.32 Å². The van der Waals surface area contributed by atoms with Crippen LogP contribution in [0.4, 0.5) is 11.4 Å². The van der Waals surface area contributed by atoms with E-state index in [4.69, 9.17) is 32.7 Å². The molecule has 0 atom stereocenters. The second-order valence-corrected chi connectivity index (χ2v) is 8.23. The van der Waals surface area contributed by atoms with Gasteiger partial charge in [-0.25, -0.2) is 4.68 Å². The fourth-order valence-corrected chi connectivity index (χ4v) is 3.37. The molecule has 0 bridgehead atoms. The van der Waals surface area contributed by atoms with Crippen molar-refractivity contribution < 1.29 is 19.2 Å². The molecule has 3 aromatic carbocycles. The van der Waals surface area contributed by atoms with E-state index in [-0.39, 0.29) is 29.5 Å². The third-order valence-electron chi connectivity index (χ3n) is 4.84. The molecular formula is C24H18Cl2N4O5. The van der Waals surface area contributed by atoms with Crippen molar-refractivity contribution in [1.29, 1.82) is 0 Å². The molecule has 11 heteroatoms. The van der Waals surface area contributed by atoms with Gasteiger partial charge in [0, 0.05) is 28.4 Å². The number of hydrogen-bond donors (Lipinski definition) is 1. The summed E-state index contributed by atoms with van der Waals surface area (Å²) in [6.45, 7) is 1.78. The van der Waals surface area contributed by atoms with Gasteiger partial charge in [0.25, 0.3) is 11.6 Å². The number of aromatic nitrogens is 2. The number of carbonyl (C=O) groups is 1. The van der Waals surface area contributed by atoms with Crippen LogP contribution in [0.5, 0.6) is 17.2 Å². The number of nitrogens with zero attached hydrogens (tertiary/aromatic N) is 3. The van der Waals surface area contributed by atoms with Gasteiger partial charge in [0.05, 0.1) is 16.7 Å². The van der Waals surface area contributed by atoms with E-state index in [1.54, 1.807) is 42.5 Å². The Balaban J connectivity index is 1.52. The Labute approximate surface area is 210 Å². The molecule has 1 amide bonds. The first-order chi connectivity index (χ1) is 16.8. The molecule has 0 unspecified atom stereocenters. The maximum Gasteiger partial charge on any atom is 0.275 e. The van der Waals surface area contributed by atoms with Crippen molar-refractivity contribution in [3.8, 4) is 17.2 Å². The summed E-state index contributed by atoms with van der Waals surface area (Å²) in [4.78, 5) is 23.8. The summed E-state index contributed by atoms with van der Waals surface area (Å²) < 4.78 is 12.8. The van der Waals surface area contributed by atoms with E-state index in [2.05, 4.69) is 10.4 Å². The highest BCUT2D eigenvalue weighted by Gasteiger charge is 2.17. The Hall–Kier alpha value is -4.08. The Morgan fingerprint density at radius 1 is 1.03 bits per heavy atom. The van der Waals surface area contributed by atoms with Crippen molar-refractivity contribution in [1.82, 2.24) is 9.78 Å². The zero-order valence-corrected chi connectivity index (χ0v) is 19.8. The van der Waals surface area contributed by atoms with Gasteiger partial charge in [-0.1, -0.05) is 23.2 Å². The van der Waals surface area contributed by atoms with E-state index in [1.807, 2.05) is 6.92 Å². The first-order valence-electron chi connectivity index (χ1n) is 10.2. The Kier molecular flexibility index (Phi) is 7.19. The molecule has 0 aliphatic carbocycles. The van der Waals surface area contributed by atoms with E-state index in [0.29, 0.717) is 21.5 Å². The third kappa shape index (κ3) is 6.08. The van der Waals surface area contributed by atoms with Gasteiger partial charge in [-0.3, -0.25) is 14.9 Å². The normalized spacial score (nSPS) is 10.6. The van der Waals surface area contributed by atoms with Crippen LogP contribution in [0.25, 0.3) is 0 Å². The number of anilines is 1. The molecule has 0 saturated carbocycles. The number of nitro benzene ring substituents is 1. The summed E-state index contributed by atoms with van der Waals surface area (Å²) in [5.74, 6) is 0.642. The lowest BCUT2D eigenvalue weighted by atomic mass is 10.2. The molecule has 4 rings (SSSR count). The number of carbonyl (C=O) groups excluding carboxylic acids is 1. The fourth-order valence-electron chi connectivity index (χ4n) is 3.13. The molecule has 4 aromatic rings. The summed E-state index contributed by atoms with van der Waals surface area (Å²) in [6, 6.07) is 17.3. The molecular weight excluding hydrogens is 495 g/mol. The minimum Gasteiger partial charge on any atom is -0.471 e. The lowest BCUT2D eigenvalue weighted by Gasteiger charge is -2.12. The molecule has 1 aromatic heterocycles. The Morgan fingerprint density at radius 2 is 1.77 bits per heavy atom. The van der Waals surface area contributed by atoms with Crippen LogP contribution in [0.1, 0.15) is 16.1 Å². The van der Waals surface area contributed by atoms with Crippen molar-refractivity contribution in [3.05, 3.63) is 104 Å². The van der Waals surface area contributed by atoms with Crippen LogP contribution < -0.4 is 14.8 Å². The van der Waals surface area contributed by atoms with Crippen molar-refractivity contribution in [2.45, 2.75) is 13.7 Å². The van der Waals surface area contributed by atoms with Gasteiger partial charge < -0.3 is 14.8 Å². The Bertz CT molecular complexity index is 1390. The SMILES string of the molecule is Cc1cc(Oc2cc(NC(=O)c3ccnn3COc3ccc(Cl)cc3)cc([N+](=O)[O-])c2)ccc1Cl. The van der Waals surface area contributed by atoms with Gasteiger partial charge in [-0.15, -0.1) is 0 Å². The van der Waals surface area contributed by atoms with Gasteiger partial charge in [0.15, 0.2) is 6.73 Å². The highest BCUT2D eigenvalue weighted by Crippen LogP contribution is 2.31. The lowest BCUT2D eigenvalue weighted by molar-refractivity contribution is -0.384. The minimum atomic E-state index is -0.570. The van der Waals surface area contributed by atoms with E-state index in [0.717, 1.165) is 5.56 Å². The van der Waals surface area contributed by atoms with Gasteiger partial charge >= 0.3 is 0 Å². The number of nitro groups is 1. The predicted octanol–water partition coefficient (Wildman–Crippen LogP) is 6.49. The molecule has 0 radical (unpaired) electrons. The maximum absolute atomic E-state index is 12.9. The third-order valence-corrected chi connectivity index (χ3v) is 5.52. The van der Waals surface area contributed by atoms with Gasteiger partial charge in [0.2, 0.25) is 0 Å². The fraction of sp³-hybridized carbons (Fsp3) is 0.0833. The predicted molar refractivity (Wildman–Crippen MR) is 132 cm³/mol. The summed E-state index contributed by atoms with van der Waals surface area (Å²) in [5.41, 5.74) is 0.915. The number of nitrogens with one attached hydrogen (secondary N) is 1. The van der Waals surface area contributed by atoms with Crippen LogP contribution in [0.15, 0.2) is 72.9 Å². The molecule has 0 aliphatic rings. The van der Waals surface area contributed by atoms with Crippen LogP contribution in [0.3, 0.4) is 0 Å². The first-order valence-corrected chi connectivity index (χ1v) is 11.0. The molecule has 1 N–H and O–H groups in total. The lowest BCUT2D eigenvalue weighted by Crippen LogP contribution is -2.19. The Morgan fingerprint density at radius 3 is 2.49 bits per heavy atom. The maximum atomic E-state index is 12.9. The second-order valence-electron chi connectivity index (χ2n) is 7.38. The largest absolute Gasteiger partial charge is 0.471 e. The van der Waals surface area contributed by atoms with Crippen LogP contribution in [0.2, 0.25) is 10.0 Å². The zero-order chi connectivity index (χ0) is 24.9. The molecule has 178 valence electrons. The van der Waals surface area contributed by atoms with Crippen molar-refractivity contribution in [2.24, 2.45) is 0 Å². The van der Waals surface area contributed by atoms with E-state index >= 15 is 0 Å². The molecule has 0 saturated heterocycles. The number of hydrogen-bond acceptors (Lipinski definition) is 6. The van der Waals surface area contributed by atoms with Crippen LogP contribution in [0, 0.1) is 17.0 Å². The highest BCUT2D eigenvalue weighted by molar-refractivity contribution is 6.31. The molecule has 1 heterocycles. The average Bonchev–Trinajstić information content (AvgIpc) is 3.30. The van der Waals surface area contributed by atoms with Crippen molar-refractivity contribution in [3.63, 3.8) is 0 Å². The quantitative estimate of drug-likeness (QED) is 0.213. The highest BCUT2D eigenvalue weighted by atomic mass is 35.5. The van der Waals surface area contributed by atoms with Gasteiger partial charge in [-0.05, 0) is 61.0 Å². The standard InChI is InChI=1S/C24H18Cl2N4O5/c1-15-10-20(6-7-22(15)26)35-21-12-17(11-18(13-21)30(32)33)28-24(31)23-8-9-27-29(23)14-34-19-4-2-16(25)3-5-19/h2-13H,14H2,1H3,(H,28,31). The van der Waals surface area contributed by atoms with Crippen molar-refractivity contribution >= 4 is 40.5 Å². The van der Waals surface area contributed by atoms with Gasteiger partial charge in [-0.2, -0.15) is 5.10 Å². The number of rotatable bonds is 8. The topological polar surface area (TPSA) is 109 Å². The van der Waals surface area contributed by atoms with Crippen LogP contribution in [-0.2, 0) is 6.73 Å². The second kappa shape index (κ2) is 10.5. The van der Waals surface area contributed by atoms with E-state index in [9.17, 15) is 14.9 Å². The molecule has 9 nitrogen and oxygen atoms in total. The minimum absolute atomic E-state index is 0.0311. The average molecular weight is 513 g/mol. The molecule has 0 aliphatic heterocycles. The first kappa shape index (κ1) is 24.1. The van der Waals surface area contributed by atoms with Crippen LogP contribution in [-0.4, -0.2) is 20.6 Å². The summed E-state index contributed by atoms with van der Waals surface area (Å²) >= 11 is 11.9. The summed E-state index contributed by atoms with van der Waals surface area (Å²) in [5, 5.41) is 19.4. The number of non-ortho nitro benzene ring substituents is 1. The van der Waals surface area contributed by atoms with E-state index in [1.165, 1.54) is 35.1 Å². The van der Waals surface area contributed by atoms with Gasteiger partial charge in [0.1, 0.15) is 22.9 Å².